The van der Waals surface area contributed by atoms with Gasteiger partial charge in [-0.3, -0.25) is 0 Å². The fourth-order valence-corrected chi connectivity index (χ4v) is 2.35. The number of para-hydroxylation sites is 1. The summed E-state index contributed by atoms with van der Waals surface area (Å²) in [4.78, 5) is 4.53. The average molecular weight is 235 g/mol. The average Bonchev–Trinajstić information content (AvgIpc) is 2.58. The lowest BCUT2D eigenvalue weighted by Crippen LogP contribution is -2.47. The van der Waals surface area contributed by atoms with E-state index in [2.05, 4.69) is 30.2 Å². The number of aromatic nitrogens is 1. The molecule has 16 heavy (non-hydrogen) atoms. The molecule has 0 aliphatic rings. The molecule has 0 bridgehead atoms. The number of nitrogens with one attached hydrogen (secondary N) is 1. The molecule has 4 heteroatoms. The van der Waals surface area contributed by atoms with Gasteiger partial charge in [-0.15, -0.1) is 0 Å². The van der Waals surface area contributed by atoms with E-state index in [1.165, 1.54) is 4.70 Å². The van der Waals surface area contributed by atoms with Crippen LogP contribution in [0.1, 0.15) is 20.8 Å². The Morgan fingerprint density at radius 1 is 1.38 bits per heavy atom. The van der Waals surface area contributed by atoms with E-state index in [4.69, 9.17) is 5.73 Å². The molecular formula is C12H17N3S. The lowest BCUT2D eigenvalue weighted by molar-refractivity contribution is 0.470. The van der Waals surface area contributed by atoms with Crippen molar-refractivity contribution >= 4 is 26.7 Å². The highest BCUT2D eigenvalue weighted by atomic mass is 32.1. The third-order valence-electron chi connectivity index (χ3n) is 2.86. The van der Waals surface area contributed by atoms with Crippen molar-refractivity contribution in [2.75, 3.05) is 5.32 Å². The Kier molecular flexibility index (Phi) is 2.86. The lowest BCUT2D eigenvalue weighted by atomic mass is 9.97. The first kappa shape index (κ1) is 11.4. The molecule has 0 radical (unpaired) electrons. The van der Waals surface area contributed by atoms with Crippen LogP contribution >= 0.6 is 11.3 Å². The third kappa shape index (κ3) is 2.18. The molecule has 0 amide bonds. The van der Waals surface area contributed by atoms with Crippen molar-refractivity contribution in [3.8, 4) is 0 Å². The van der Waals surface area contributed by atoms with Crippen LogP contribution in [0.15, 0.2) is 24.3 Å². The maximum atomic E-state index is 5.93. The second-order valence-corrected chi connectivity index (χ2v) is 5.65. The van der Waals surface area contributed by atoms with Crippen molar-refractivity contribution in [1.82, 2.24) is 4.98 Å². The van der Waals surface area contributed by atoms with Gasteiger partial charge in [-0.2, -0.15) is 0 Å². The molecule has 0 saturated heterocycles. The first-order valence-electron chi connectivity index (χ1n) is 5.38. The Hall–Kier alpha value is -1.13. The molecule has 3 nitrogen and oxygen atoms in total. The van der Waals surface area contributed by atoms with Crippen LogP contribution in [0.3, 0.4) is 0 Å². The minimum atomic E-state index is -0.145. The zero-order valence-corrected chi connectivity index (χ0v) is 10.6. The van der Waals surface area contributed by atoms with E-state index in [0.29, 0.717) is 0 Å². The minimum Gasteiger partial charge on any atom is -0.355 e. The molecule has 0 saturated carbocycles. The van der Waals surface area contributed by atoms with Crippen molar-refractivity contribution < 1.29 is 0 Å². The summed E-state index contributed by atoms with van der Waals surface area (Å²) in [5, 5.41) is 4.32. The molecule has 0 aliphatic carbocycles. The van der Waals surface area contributed by atoms with Gasteiger partial charge in [0.1, 0.15) is 0 Å². The van der Waals surface area contributed by atoms with Crippen molar-refractivity contribution in [3.63, 3.8) is 0 Å². The van der Waals surface area contributed by atoms with Crippen LogP contribution in [0.5, 0.6) is 0 Å². The predicted octanol–water partition coefficient (Wildman–Crippen LogP) is 2.83. The van der Waals surface area contributed by atoms with Gasteiger partial charge in [0, 0.05) is 11.6 Å². The Morgan fingerprint density at radius 2 is 2.06 bits per heavy atom. The smallest absolute Gasteiger partial charge is 0.184 e. The maximum absolute atomic E-state index is 5.93. The van der Waals surface area contributed by atoms with Gasteiger partial charge >= 0.3 is 0 Å². The first-order valence-corrected chi connectivity index (χ1v) is 6.20. The van der Waals surface area contributed by atoms with Gasteiger partial charge in [-0.05, 0) is 32.9 Å². The van der Waals surface area contributed by atoms with E-state index in [1.54, 1.807) is 11.3 Å². The number of thiazole rings is 1. The van der Waals surface area contributed by atoms with Crippen LogP contribution in [-0.4, -0.2) is 16.6 Å². The lowest BCUT2D eigenvalue weighted by Gasteiger charge is -2.29. The van der Waals surface area contributed by atoms with E-state index < -0.39 is 0 Å². The molecule has 3 N–H and O–H groups in total. The Morgan fingerprint density at radius 3 is 2.69 bits per heavy atom. The number of hydrogen-bond donors (Lipinski definition) is 2. The number of fused-ring (bicyclic) bond motifs is 1. The number of benzene rings is 1. The van der Waals surface area contributed by atoms with Crippen molar-refractivity contribution in [3.05, 3.63) is 24.3 Å². The molecule has 0 aliphatic heterocycles. The highest BCUT2D eigenvalue weighted by Crippen LogP contribution is 2.28. The van der Waals surface area contributed by atoms with Crippen molar-refractivity contribution in [2.24, 2.45) is 5.73 Å². The highest BCUT2D eigenvalue weighted by Gasteiger charge is 2.23. The van der Waals surface area contributed by atoms with E-state index >= 15 is 0 Å². The summed E-state index contributed by atoms with van der Waals surface area (Å²) >= 11 is 1.66. The summed E-state index contributed by atoms with van der Waals surface area (Å²) < 4.78 is 1.20. The second-order valence-electron chi connectivity index (χ2n) is 4.62. The zero-order valence-electron chi connectivity index (χ0n) is 9.82. The largest absolute Gasteiger partial charge is 0.355 e. The van der Waals surface area contributed by atoms with E-state index in [9.17, 15) is 0 Å². The number of rotatable bonds is 3. The second kappa shape index (κ2) is 4.03. The zero-order chi connectivity index (χ0) is 11.8. The van der Waals surface area contributed by atoms with Crippen LogP contribution < -0.4 is 11.1 Å². The summed E-state index contributed by atoms with van der Waals surface area (Å²) in [6, 6.07) is 8.20. The van der Waals surface area contributed by atoms with Gasteiger partial charge in [-0.1, -0.05) is 23.5 Å². The van der Waals surface area contributed by atoms with Crippen LogP contribution in [0.2, 0.25) is 0 Å². The molecule has 1 aromatic heterocycles. The Bertz CT molecular complexity index is 455. The normalized spacial score (nSPS) is 14.0. The van der Waals surface area contributed by atoms with Gasteiger partial charge < -0.3 is 11.1 Å². The molecular weight excluding hydrogens is 218 g/mol. The van der Waals surface area contributed by atoms with Gasteiger partial charge in [0.25, 0.3) is 0 Å². The van der Waals surface area contributed by atoms with Crippen LogP contribution in [0.25, 0.3) is 10.2 Å². The highest BCUT2D eigenvalue weighted by molar-refractivity contribution is 7.22. The number of hydrogen-bond acceptors (Lipinski definition) is 4. The van der Waals surface area contributed by atoms with E-state index in [-0.39, 0.29) is 11.6 Å². The van der Waals surface area contributed by atoms with Gasteiger partial charge in [0.15, 0.2) is 5.13 Å². The predicted molar refractivity (Wildman–Crippen MR) is 71.0 cm³/mol. The summed E-state index contributed by atoms with van der Waals surface area (Å²) in [6.07, 6.45) is 0. The van der Waals surface area contributed by atoms with E-state index in [0.717, 1.165) is 10.6 Å². The third-order valence-corrected chi connectivity index (χ3v) is 3.81. The summed E-state index contributed by atoms with van der Waals surface area (Å²) in [5.41, 5.74) is 6.82. The van der Waals surface area contributed by atoms with Gasteiger partial charge in [0.05, 0.1) is 10.2 Å². The SMILES string of the molecule is CC(N)C(C)(C)Nc1nc2ccccc2s1. The minimum absolute atomic E-state index is 0.0690. The monoisotopic (exact) mass is 235 g/mol. The molecule has 1 unspecified atom stereocenters. The maximum Gasteiger partial charge on any atom is 0.184 e. The summed E-state index contributed by atoms with van der Waals surface area (Å²) in [6.45, 7) is 6.17. The van der Waals surface area contributed by atoms with Crippen LogP contribution in [-0.2, 0) is 0 Å². The van der Waals surface area contributed by atoms with Crippen molar-refractivity contribution in [2.45, 2.75) is 32.4 Å². The molecule has 1 atom stereocenters. The molecule has 0 spiro atoms. The molecule has 0 fully saturated rings. The number of nitrogens with zero attached hydrogens (tertiary/aromatic N) is 1. The summed E-state index contributed by atoms with van der Waals surface area (Å²) in [5.74, 6) is 0. The van der Waals surface area contributed by atoms with Crippen LogP contribution in [0, 0.1) is 0 Å². The van der Waals surface area contributed by atoms with Crippen molar-refractivity contribution in [1.29, 1.82) is 0 Å². The number of anilines is 1. The molecule has 1 heterocycles. The fourth-order valence-electron chi connectivity index (χ4n) is 1.32. The van der Waals surface area contributed by atoms with Crippen LogP contribution in [0.4, 0.5) is 5.13 Å². The standard InChI is InChI=1S/C12H17N3S/c1-8(13)12(2,3)15-11-14-9-6-4-5-7-10(9)16-11/h4-8H,13H2,1-3H3,(H,14,15). The van der Waals surface area contributed by atoms with Gasteiger partial charge in [-0.25, -0.2) is 4.98 Å². The molecule has 86 valence electrons. The first-order chi connectivity index (χ1) is 7.49. The number of nitrogens with two attached hydrogens (primary N) is 1. The molecule has 1 aromatic carbocycles. The van der Waals surface area contributed by atoms with Gasteiger partial charge in [0.2, 0.25) is 0 Å². The van der Waals surface area contributed by atoms with E-state index in [1.807, 2.05) is 25.1 Å². The molecule has 2 aromatic rings. The molecule has 2 rings (SSSR count). The topological polar surface area (TPSA) is 50.9 Å². The fraction of sp³-hybridized carbons (Fsp3) is 0.417. The quantitative estimate of drug-likeness (QED) is 0.860. The Balaban J connectivity index is 2.28. The summed E-state index contributed by atoms with van der Waals surface area (Å²) in [7, 11) is 0. The Labute approximate surface area is 99.7 Å².